The first-order chi connectivity index (χ1) is 16.2. The van der Waals surface area contributed by atoms with E-state index in [1.165, 1.54) is 6.08 Å². The van der Waals surface area contributed by atoms with Crippen LogP contribution in [-0.2, 0) is 22.5 Å². The molecule has 1 atom stereocenters. The molecule has 1 aromatic carbocycles. The summed E-state index contributed by atoms with van der Waals surface area (Å²) in [5.74, 6) is 0.203. The van der Waals surface area contributed by atoms with Gasteiger partial charge in [-0.05, 0) is 36.1 Å². The standard InChI is InChI=1S/C22H23N9O2/c1-3-20(32)26-17-6-4-5-16-15(17)7-8-19(16)31-21-18(28-29-31)12-23-22(27-21)25-14-11-24-30(13-14)9-10-33-2/h3-6,11-13,19H,1,7-10H2,2H3,(H,26,32)(H,23,25,27). The normalized spacial score (nSPS) is 14.9. The molecule has 1 aliphatic carbocycles. The Morgan fingerprint density at radius 1 is 1.36 bits per heavy atom. The number of rotatable bonds is 8. The lowest BCUT2D eigenvalue weighted by molar-refractivity contribution is -0.111. The van der Waals surface area contributed by atoms with Crippen molar-refractivity contribution in [1.29, 1.82) is 0 Å². The van der Waals surface area contributed by atoms with Gasteiger partial charge in [-0.3, -0.25) is 9.48 Å². The first-order valence-corrected chi connectivity index (χ1v) is 10.6. The number of hydrogen-bond acceptors (Lipinski definition) is 8. The number of methoxy groups -OCH3 is 1. The van der Waals surface area contributed by atoms with Crippen LogP contribution in [0.3, 0.4) is 0 Å². The number of carbonyl (C=O) groups is 1. The van der Waals surface area contributed by atoms with Crippen molar-refractivity contribution < 1.29 is 9.53 Å². The van der Waals surface area contributed by atoms with Gasteiger partial charge in [-0.25, -0.2) is 9.67 Å². The van der Waals surface area contributed by atoms with Crippen LogP contribution in [0.4, 0.5) is 17.3 Å². The van der Waals surface area contributed by atoms with E-state index in [1.54, 1.807) is 24.2 Å². The minimum atomic E-state index is -0.230. The molecule has 1 unspecified atom stereocenters. The van der Waals surface area contributed by atoms with E-state index in [9.17, 15) is 4.79 Å². The van der Waals surface area contributed by atoms with E-state index in [-0.39, 0.29) is 11.9 Å². The highest BCUT2D eigenvalue weighted by Gasteiger charge is 2.29. The minimum absolute atomic E-state index is 0.0369. The fraction of sp³-hybridized carbons (Fsp3) is 0.273. The maximum absolute atomic E-state index is 11.8. The Morgan fingerprint density at radius 2 is 2.27 bits per heavy atom. The molecule has 0 spiro atoms. The number of carbonyl (C=O) groups excluding carboxylic acids is 1. The molecule has 0 aliphatic heterocycles. The van der Waals surface area contributed by atoms with Gasteiger partial charge < -0.3 is 15.4 Å². The zero-order valence-electron chi connectivity index (χ0n) is 18.1. The van der Waals surface area contributed by atoms with Crippen molar-refractivity contribution in [3.05, 3.63) is 60.6 Å². The first-order valence-electron chi connectivity index (χ1n) is 10.6. The van der Waals surface area contributed by atoms with Crippen LogP contribution in [0.5, 0.6) is 0 Å². The second-order valence-electron chi connectivity index (χ2n) is 7.67. The maximum Gasteiger partial charge on any atom is 0.247 e. The van der Waals surface area contributed by atoms with E-state index in [4.69, 9.17) is 4.74 Å². The van der Waals surface area contributed by atoms with Crippen LogP contribution in [0, 0.1) is 0 Å². The van der Waals surface area contributed by atoms with E-state index in [2.05, 4.69) is 48.7 Å². The molecule has 4 aromatic rings. The van der Waals surface area contributed by atoms with Gasteiger partial charge in [0.05, 0.1) is 37.3 Å². The van der Waals surface area contributed by atoms with Gasteiger partial charge >= 0.3 is 0 Å². The van der Waals surface area contributed by atoms with E-state index < -0.39 is 0 Å². The van der Waals surface area contributed by atoms with Gasteiger partial charge in [0.25, 0.3) is 0 Å². The molecular formula is C22H23N9O2. The van der Waals surface area contributed by atoms with Crippen molar-refractivity contribution in [3.63, 3.8) is 0 Å². The van der Waals surface area contributed by atoms with Crippen LogP contribution in [0.1, 0.15) is 23.6 Å². The molecule has 0 bridgehead atoms. The number of anilines is 3. The third-order valence-corrected chi connectivity index (χ3v) is 5.61. The van der Waals surface area contributed by atoms with Crippen LogP contribution in [0.25, 0.3) is 11.2 Å². The summed E-state index contributed by atoms with van der Waals surface area (Å²) in [5, 5.41) is 19.0. The lowest BCUT2D eigenvalue weighted by atomic mass is 10.1. The van der Waals surface area contributed by atoms with Crippen LogP contribution in [0.15, 0.2) is 49.4 Å². The highest BCUT2D eigenvalue weighted by Crippen LogP contribution is 2.38. The van der Waals surface area contributed by atoms with Crippen molar-refractivity contribution in [2.75, 3.05) is 24.4 Å². The largest absolute Gasteiger partial charge is 0.383 e. The van der Waals surface area contributed by atoms with Gasteiger partial charge in [0.2, 0.25) is 11.9 Å². The predicted molar refractivity (Wildman–Crippen MR) is 122 cm³/mol. The molecule has 0 fully saturated rings. The summed E-state index contributed by atoms with van der Waals surface area (Å²) in [6.07, 6.45) is 8.14. The lowest BCUT2D eigenvalue weighted by Gasteiger charge is -2.14. The Balaban J connectivity index is 1.43. The number of ether oxygens (including phenoxy) is 1. The fourth-order valence-corrected chi connectivity index (χ4v) is 4.07. The number of amides is 1. The minimum Gasteiger partial charge on any atom is -0.383 e. The van der Waals surface area contributed by atoms with E-state index >= 15 is 0 Å². The molecule has 3 aromatic heterocycles. The van der Waals surface area contributed by atoms with Gasteiger partial charge in [0.15, 0.2) is 11.2 Å². The van der Waals surface area contributed by atoms with E-state index in [0.717, 1.165) is 35.3 Å². The van der Waals surface area contributed by atoms with E-state index in [1.807, 2.05) is 23.0 Å². The summed E-state index contributed by atoms with van der Waals surface area (Å²) in [6, 6.07) is 5.85. The summed E-state index contributed by atoms with van der Waals surface area (Å²) in [6.45, 7) is 4.76. The highest BCUT2D eigenvalue weighted by atomic mass is 16.5. The summed E-state index contributed by atoms with van der Waals surface area (Å²) in [4.78, 5) is 20.8. The monoisotopic (exact) mass is 445 g/mol. The molecule has 168 valence electrons. The lowest BCUT2D eigenvalue weighted by Crippen LogP contribution is -2.12. The molecule has 33 heavy (non-hydrogen) atoms. The molecule has 11 heteroatoms. The number of hydrogen-bond donors (Lipinski definition) is 2. The topological polar surface area (TPSA) is 125 Å². The van der Waals surface area contributed by atoms with Crippen molar-refractivity contribution in [3.8, 4) is 0 Å². The molecule has 0 saturated heterocycles. The van der Waals surface area contributed by atoms with Crippen LogP contribution < -0.4 is 10.6 Å². The summed E-state index contributed by atoms with van der Waals surface area (Å²) in [5.41, 5.74) is 5.01. The van der Waals surface area contributed by atoms with Gasteiger partial charge in [-0.1, -0.05) is 23.9 Å². The molecule has 0 saturated carbocycles. The molecule has 3 heterocycles. The molecule has 11 nitrogen and oxygen atoms in total. The quantitative estimate of drug-likeness (QED) is 0.396. The summed E-state index contributed by atoms with van der Waals surface area (Å²) >= 11 is 0. The molecule has 1 aliphatic rings. The van der Waals surface area contributed by atoms with E-state index in [0.29, 0.717) is 30.3 Å². The SMILES string of the molecule is C=CC(=O)Nc1cccc2c1CCC2n1nnc2cnc(Nc3cnn(CCOC)c3)nc21. The van der Waals surface area contributed by atoms with Gasteiger partial charge in [-0.2, -0.15) is 10.1 Å². The Hall–Kier alpha value is -4.12. The average molecular weight is 445 g/mol. The smallest absolute Gasteiger partial charge is 0.247 e. The maximum atomic E-state index is 11.8. The molecular weight excluding hydrogens is 422 g/mol. The summed E-state index contributed by atoms with van der Waals surface area (Å²) in [7, 11) is 1.66. The Bertz CT molecular complexity index is 1330. The molecule has 0 radical (unpaired) electrons. The number of nitrogens with zero attached hydrogens (tertiary/aromatic N) is 7. The Kier molecular flexibility index (Phi) is 5.53. The summed E-state index contributed by atoms with van der Waals surface area (Å²) < 4.78 is 8.70. The molecule has 1 amide bonds. The van der Waals surface area contributed by atoms with Crippen molar-refractivity contribution in [2.45, 2.75) is 25.4 Å². The number of nitrogens with one attached hydrogen (secondary N) is 2. The zero-order chi connectivity index (χ0) is 22.8. The third-order valence-electron chi connectivity index (χ3n) is 5.61. The highest BCUT2D eigenvalue weighted by molar-refractivity contribution is 5.99. The van der Waals surface area contributed by atoms with Crippen LogP contribution >= 0.6 is 0 Å². The van der Waals surface area contributed by atoms with Crippen molar-refractivity contribution in [2.24, 2.45) is 0 Å². The number of aromatic nitrogens is 7. The number of benzene rings is 1. The second kappa shape index (κ2) is 8.79. The second-order valence-corrected chi connectivity index (χ2v) is 7.67. The zero-order valence-corrected chi connectivity index (χ0v) is 18.1. The average Bonchev–Trinajstić information content (AvgIpc) is 3.56. The fourth-order valence-electron chi connectivity index (χ4n) is 4.07. The number of fused-ring (bicyclic) bond motifs is 2. The molecule has 2 N–H and O–H groups in total. The van der Waals surface area contributed by atoms with Gasteiger partial charge in [-0.15, -0.1) is 5.10 Å². The van der Waals surface area contributed by atoms with Crippen LogP contribution in [0.2, 0.25) is 0 Å². The van der Waals surface area contributed by atoms with Gasteiger partial charge in [0, 0.05) is 19.0 Å². The van der Waals surface area contributed by atoms with Gasteiger partial charge in [0.1, 0.15) is 0 Å². The van der Waals surface area contributed by atoms with Crippen molar-refractivity contribution >= 4 is 34.4 Å². The molecule has 5 rings (SSSR count). The Labute approximate surface area is 189 Å². The predicted octanol–water partition coefficient (Wildman–Crippen LogP) is 2.47. The Morgan fingerprint density at radius 3 is 3.12 bits per heavy atom. The van der Waals surface area contributed by atoms with Crippen LogP contribution in [-0.4, -0.2) is 54.4 Å². The third kappa shape index (κ3) is 4.05. The van der Waals surface area contributed by atoms with Crippen molar-refractivity contribution in [1.82, 2.24) is 34.7 Å². The first kappa shape index (κ1) is 20.8.